The van der Waals surface area contributed by atoms with E-state index in [4.69, 9.17) is 0 Å². The van der Waals surface area contributed by atoms with Crippen molar-refractivity contribution in [1.82, 2.24) is 4.98 Å². The molecule has 0 aliphatic heterocycles. The van der Waals surface area contributed by atoms with Gasteiger partial charge in [-0.15, -0.1) is 0 Å². The van der Waals surface area contributed by atoms with E-state index in [-0.39, 0.29) is 5.41 Å². The lowest BCUT2D eigenvalue weighted by Gasteiger charge is -2.34. The highest BCUT2D eigenvalue weighted by Crippen LogP contribution is 2.42. The monoisotopic (exact) mass is 269 g/mol. The highest BCUT2D eigenvalue weighted by molar-refractivity contribution is 5.68. The molecule has 1 atom stereocenters. The third kappa shape index (κ3) is 3.93. The molecule has 1 aliphatic carbocycles. The Balaban J connectivity index is 0.000000956. The molecular formula is C19H27N. The summed E-state index contributed by atoms with van der Waals surface area (Å²) in [6.07, 6.45) is 14.0. The average molecular weight is 269 g/mol. The van der Waals surface area contributed by atoms with Crippen LogP contribution in [0, 0.1) is 11.3 Å². The molecule has 0 N–H and O–H groups in total. The molecule has 1 aromatic heterocycles. The number of pyridine rings is 1. The van der Waals surface area contributed by atoms with Crippen molar-refractivity contribution in [2.45, 2.75) is 41.0 Å². The first-order valence-corrected chi connectivity index (χ1v) is 7.57. The minimum Gasteiger partial charge on any atom is -0.257 e. The molecule has 2 rings (SSSR count). The zero-order valence-electron chi connectivity index (χ0n) is 13.4. The van der Waals surface area contributed by atoms with E-state index in [1.54, 1.807) is 0 Å². The van der Waals surface area contributed by atoms with Gasteiger partial charge in [0.15, 0.2) is 0 Å². The first-order valence-electron chi connectivity index (χ1n) is 7.57. The lowest BCUT2D eigenvalue weighted by atomic mass is 9.70. The van der Waals surface area contributed by atoms with Crippen molar-refractivity contribution in [2.24, 2.45) is 11.3 Å². The summed E-state index contributed by atoms with van der Waals surface area (Å²) in [4.78, 5) is 4.50. The smallest absolute Gasteiger partial charge is 0.0664 e. The van der Waals surface area contributed by atoms with Crippen LogP contribution in [-0.4, -0.2) is 4.98 Å². The molecule has 1 aliphatic rings. The van der Waals surface area contributed by atoms with Crippen LogP contribution >= 0.6 is 0 Å². The van der Waals surface area contributed by atoms with Gasteiger partial charge in [-0.05, 0) is 42.4 Å². The summed E-state index contributed by atoms with van der Waals surface area (Å²) in [6.45, 7) is 10.7. The van der Waals surface area contributed by atoms with Gasteiger partial charge in [0.2, 0.25) is 0 Å². The molecule has 0 saturated heterocycles. The zero-order chi connectivity index (χ0) is 15.0. The van der Waals surface area contributed by atoms with Crippen molar-refractivity contribution in [3.63, 3.8) is 0 Å². The van der Waals surface area contributed by atoms with Gasteiger partial charge in [0.1, 0.15) is 0 Å². The molecular weight excluding hydrogens is 242 g/mol. The first-order chi connectivity index (χ1) is 9.65. The van der Waals surface area contributed by atoms with E-state index >= 15 is 0 Å². The maximum atomic E-state index is 4.50. The van der Waals surface area contributed by atoms with E-state index in [9.17, 15) is 0 Å². The van der Waals surface area contributed by atoms with Crippen LogP contribution in [-0.2, 0) is 0 Å². The normalized spacial score (nSPS) is 18.4. The van der Waals surface area contributed by atoms with Crippen LogP contribution in [0.4, 0.5) is 0 Å². The second kappa shape index (κ2) is 7.84. The summed E-state index contributed by atoms with van der Waals surface area (Å²) in [5.74, 6) is 0.494. The Labute approximate surface area is 124 Å². The van der Waals surface area contributed by atoms with E-state index in [1.165, 1.54) is 5.57 Å². The van der Waals surface area contributed by atoms with Crippen LogP contribution in [0.5, 0.6) is 0 Å². The van der Waals surface area contributed by atoms with Gasteiger partial charge in [0, 0.05) is 6.20 Å². The molecule has 0 radical (unpaired) electrons. The number of aromatic nitrogens is 1. The minimum absolute atomic E-state index is 0.156. The minimum atomic E-state index is 0.156. The third-order valence-corrected chi connectivity index (χ3v) is 3.61. The fourth-order valence-electron chi connectivity index (χ4n) is 2.68. The second-order valence-electron chi connectivity index (χ2n) is 5.37. The number of nitrogens with zero attached hydrogens (tertiary/aromatic N) is 1. The molecule has 0 bridgehead atoms. The van der Waals surface area contributed by atoms with Crippen LogP contribution < -0.4 is 0 Å². The van der Waals surface area contributed by atoms with Gasteiger partial charge in [0.05, 0.1) is 5.69 Å². The predicted octanol–water partition coefficient (Wildman–Crippen LogP) is 5.67. The van der Waals surface area contributed by atoms with Crippen molar-refractivity contribution in [3.8, 4) is 0 Å². The fraction of sp³-hybridized carbons (Fsp3) is 0.421. The van der Waals surface area contributed by atoms with Gasteiger partial charge in [-0.3, -0.25) is 4.98 Å². The van der Waals surface area contributed by atoms with Crippen LogP contribution in [0.3, 0.4) is 0 Å². The molecule has 108 valence electrons. The Bertz CT molecular complexity index is 478. The van der Waals surface area contributed by atoms with Gasteiger partial charge >= 0.3 is 0 Å². The quantitative estimate of drug-likeness (QED) is 0.644. The Kier molecular flexibility index (Phi) is 6.44. The molecule has 1 heteroatoms. The molecule has 20 heavy (non-hydrogen) atoms. The number of hydrogen-bond acceptors (Lipinski definition) is 1. The van der Waals surface area contributed by atoms with E-state index in [0.717, 1.165) is 12.1 Å². The molecule has 0 amide bonds. The number of allylic oxidation sites excluding steroid dienone is 6. The molecule has 0 aromatic carbocycles. The van der Waals surface area contributed by atoms with Crippen LogP contribution in [0.15, 0.2) is 54.8 Å². The van der Waals surface area contributed by atoms with Gasteiger partial charge < -0.3 is 0 Å². The molecule has 0 saturated carbocycles. The molecule has 0 spiro atoms. The van der Waals surface area contributed by atoms with Gasteiger partial charge in [-0.1, -0.05) is 64.1 Å². The largest absolute Gasteiger partial charge is 0.257 e. The maximum Gasteiger partial charge on any atom is 0.0664 e. The number of rotatable bonds is 3. The first kappa shape index (κ1) is 16.4. The summed E-state index contributed by atoms with van der Waals surface area (Å²) in [6, 6.07) is 6.12. The van der Waals surface area contributed by atoms with Crippen molar-refractivity contribution in [1.29, 1.82) is 0 Å². The van der Waals surface area contributed by atoms with Crippen LogP contribution in [0.1, 0.15) is 46.7 Å². The van der Waals surface area contributed by atoms with E-state index < -0.39 is 0 Å². The predicted molar refractivity (Wildman–Crippen MR) is 89.4 cm³/mol. The standard InChI is InChI=1S/C17H21N.C2H6/c1-4-12-17(2,3)15-10-6-5-9-14(15)16-11-7-8-13-18-16;1-2/h4-9,11-13,15H,10H2,1-3H3;1-2H3. The Hall–Kier alpha value is -1.63. The average Bonchev–Trinajstić information content (AvgIpc) is 2.50. The summed E-state index contributed by atoms with van der Waals surface area (Å²) >= 11 is 0. The molecule has 0 fully saturated rings. The van der Waals surface area contributed by atoms with Gasteiger partial charge in [0.25, 0.3) is 0 Å². The Morgan fingerprint density at radius 3 is 2.60 bits per heavy atom. The highest BCUT2D eigenvalue weighted by atomic mass is 14.7. The summed E-state index contributed by atoms with van der Waals surface area (Å²) in [7, 11) is 0. The number of hydrogen-bond donors (Lipinski definition) is 0. The van der Waals surface area contributed by atoms with E-state index in [0.29, 0.717) is 5.92 Å². The molecule has 1 unspecified atom stereocenters. The van der Waals surface area contributed by atoms with Crippen molar-refractivity contribution in [3.05, 3.63) is 60.5 Å². The highest BCUT2D eigenvalue weighted by Gasteiger charge is 2.31. The van der Waals surface area contributed by atoms with Crippen molar-refractivity contribution < 1.29 is 0 Å². The summed E-state index contributed by atoms with van der Waals surface area (Å²) < 4.78 is 0. The summed E-state index contributed by atoms with van der Waals surface area (Å²) in [5, 5.41) is 0. The van der Waals surface area contributed by atoms with Crippen molar-refractivity contribution in [2.75, 3.05) is 0 Å². The molecule has 1 heterocycles. The summed E-state index contributed by atoms with van der Waals surface area (Å²) in [5.41, 5.74) is 2.61. The zero-order valence-corrected chi connectivity index (χ0v) is 13.4. The van der Waals surface area contributed by atoms with Gasteiger partial charge in [-0.2, -0.15) is 0 Å². The lowest BCUT2D eigenvalue weighted by molar-refractivity contribution is 0.354. The molecule has 1 nitrogen and oxygen atoms in total. The lowest BCUT2D eigenvalue weighted by Crippen LogP contribution is -2.24. The van der Waals surface area contributed by atoms with Gasteiger partial charge in [-0.25, -0.2) is 0 Å². The second-order valence-corrected chi connectivity index (χ2v) is 5.37. The Morgan fingerprint density at radius 2 is 2.00 bits per heavy atom. The van der Waals surface area contributed by atoms with E-state index in [2.05, 4.69) is 68.3 Å². The van der Waals surface area contributed by atoms with Crippen LogP contribution in [0.2, 0.25) is 0 Å². The fourth-order valence-corrected chi connectivity index (χ4v) is 2.68. The topological polar surface area (TPSA) is 12.9 Å². The van der Waals surface area contributed by atoms with E-state index in [1.807, 2.05) is 26.1 Å². The maximum absolute atomic E-state index is 4.50. The van der Waals surface area contributed by atoms with Crippen LogP contribution in [0.25, 0.3) is 5.57 Å². The van der Waals surface area contributed by atoms with Crippen molar-refractivity contribution >= 4 is 5.57 Å². The SMILES string of the molecule is CC.CC=CC(C)(C)C1CC=CC=C1c1ccccn1. The Morgan fingerprint density at radius 1 is 1.25 bits per heavy atom. The molecule has 1 aromatic rings. The third-order valence-electron chi connectivity index (χ3n) is 3.61.